The number of piperidine rings is 2. The van der Waals surface area contributed by atoms with Crippen molar-refractivity contribution < 1.29 is 40.8 Å². The van der Waals surface area contributed by atoms with E-state index in [0.29, 0.717) is 64.7 Å². The summed E-state index contributed by atoms with van der Waals surface area (Å²) in [6.07, 6.45) is -6.24. The van der Waals surface area contributed by atoms with Gasteiger partial charge in [-0.25, -0.2) is 9.97 Å². The second kappa shape index (κ2) is 21.2. The van der Waals surface area contributed by atoms with Crippen molar-refractivity contribution in [3.8, 4) is 0 Å². The van der Waals surface area contributed by atoms with Gasteiger partial charge in [0.05, 0.1) is 46.6 Å². The van der Waals surface area contributed by atoms with Crippen molar-refractivity contribution in [1.29, 1.82) is 0 Å². The number of alkyl halides is 6. The number of ketones is 1. The molecule has 0 spiro atoms. The van der Waals surface area contributed by atoms with Gasteiger partial charge in [-0.05, 0) is 142 Å². The van der Waals surface area contributed by atoms with Gasteiger partial charge in [-0.3, -0.25) is 24.0 Å². The maximum Gasteiger partial charge on any atom is 0.435 e. The monoisotopic (exact) mass is 1090 g/mol. The zero-order valence-electron chi connectivity index (χ0n) is 43.8. The molecule has 6 aromatic rings. The number of benzene rings is 2. The SMILES string of the molecule is Cc1cc(C)c([C@H]2CC(c3csc(C4CCN(C(Cn5nc(C(F)(F)F)cc5C)C(=O)C(Cn5nc(C(F)(F)F)cc5C)N5CCC(c6nc(C7=NO[C@@H](c8c(C)cc(C)cc8C)C7)cs6)CC5)CC4)n3)=NO2)c(C)c1. The van der Waals surface area contributed by atoms with Crippen LogP contribution in [0.1, 0.15) is 151 Å². The maximum atomic E-state index is 15.6. The van der Waals surface area contributed by atoms with Gasteiger partial charge in [0, 0.05) is 58.0 Å². The Morgan fingerprint density at radius 2 is 0.934 bits per heavy atom. The summed E-state index contributed by atoms with van der Waals surface area (Å²) in [5.41, 5.74) is 10.6. The van der Waals surface area contributed by atoms with Crippen LogP contribution in [-0.4, -0.2) is 94.8 Å². The predicted octanol–water partition coefficient (Wildman–Crippen LogP) is 12.0. The number of rotatable bonds is 14. The number of carbonyl (C=O) groups is 1. The van der Waals surface area contributed by atoms with Crippen LogP contribution in [0.5, 0.6) is 0 Å². The Morgan fingerprint density at radius 1 is 0.579 bits per heavy atom. The zero-order chi connectivity index (χ0) is 54.0. The van der Waals surface area contributed by atoms with Crippen molar-refractivity contribution in [1.82, 2.24) is 39.3 Å². The van der Waals surface area contributed by atoms with Crippen LogP contribution in [0.25, 0.3) is 0 Å². The summed E-state index contributed by atoms with van der Waals surface area (Å²) in [5.74, 6) is -0.240. The fraction of sp³-hybridized carbons (Fsp3) is 0.509. The van der Waals surface area contributed by atoms with Gasteiger partial charge in [0.15, 0.2) is 29.4 Å². The van der Waals surface area contributed by atoms with E-state index in [1.165, 1.54) is 34.3 Å². The van der Waals surface area contributed by atoms with Crippen LogP contribution in [0, 0.1) is 55.4 Å². The third-order valence-electron chi connectivity index (χ3n) is 15.6. The summed E-state index contributed by atoms with van der Waals surface area (Å²) in [6.45, 7) is 16.8. The van der Waals surface area contributed by atoms with Crippen molar-refractivity contribution in [2.45, 2.75) is 155 Å². The highest BCUT2D eigenvalue weighted by atomic mass is 32.1. The maximum absolute atomic E-state index is 15.6. The first-order valence-corrected chi connectivity index (χ1v) is 27.6. The molecule has 0 aliphatic carbocycles. The van der Waals surface area contributed by atoms with E-state index in [2.05, 4.69) is 86.3 Å². The largest absolute Gasteiger partial charge is 0.435 e. The number of aryl methyl sites for hydroxylation is 8. The lowest BCUT2D eigenvalue weighted by atomic mass is 9.91. The Morgan fingerprint density at radius 3 is 1.26 bits per heavy atom. The minimum absolute atomic E-state index is 0.0410. The van der Waals surface area contributed by atoms with Gasteiger partial charge >= 0.3 is 12.4 Å². The van der Waals surface area contributed by atoms with Crippen molar-refractivity contribution in [2.24, 2.45) is 10.3 Å². The lowest BCUT2D eigenvalue weighted by Gasteiger charge is -2.41. The van der Waals surface area contributed by atoms with Crippen LogP contribution < -0.4 is 0 Å². The van der Waals surface area contributed by atoms with Crippen LogP contribution in [0.4, 0.5) is 26.3 Å². The molecule has 2 saturated heterocycles. The first-order valence-electron chi connectivity index (χ1n) is 25.9. The molecule has 76 heavy (non-hydrogen) atoms. The molecular formula is C55H62F6N10O3S2. The Kier molecular flexibility index (Phi) is 15.0. The molecule has 404 valence electrons. The molecule has 0 saturated carbocycles. The van der Waals surface area contributed by atoms with E-state index >= 15 is 4.79 Å². The van der Waals surface area contributed by atoms with Gasteiger partial charge in [0.2, 0.25) is 0 Å². The molecule has 21 heteroatoms. The lowest BCUT2D eigenvalue weighted by molar-refractivity contribution is -0.142. The van der Waals surface area contributed by atoms with Crippen molar-refractivity contribution in [2.75, 3.05) is 26.2 Å². The fourth-order valence-corrected chi connectivity index (χ4v) is 13.9. The second-order valence-corrected chi connectivity index (χ2v) is 23.0. The number of halogens is 6. The van der Waals surface area contributed by atoms with E-state index in [-0.39, 0.29) is 54.3 Å². The molecule has 13 nitrogen and oxygen atoms in total. The molecule has 8 heterocycles. The Balaban J connectivity index is 0.872. The number of Topliss-reactive ketones (excluding diaryl/α,β-unsaturated/α-hetero) is 1. The van der Waals surface area contributed by atoms with Gasteiger partial charge in [0.1, 0.15) is 11.4 Å². The molecule has 4 aromatic heterocycles. The van der Waals surface area contributed by atoms with E-state index in [1.807, 2.05) is 20.6 Å². The van der Waals surface area contributed by atoms with E-state index in [1.54, 1.807) is 22.7 Å². The van der Waals surface area contributed by atoms with Crippen LogP contribution in [0.2, 0.25) is 0 Å². The molecule has 2 unspecified atom stereocenters. The van der Waals surface area contributed by atoms with Crippen LogP contribution in [0.15, 0.2) is 57.5 Å². The van der Waals surface area contributed by atoms with Crippen LogP contribution in [-0.2, 0) is 39.9 Å². The summed E-state index contributed by atoms with van der Waals surface area (Å²) < 4.78 is 87.0. The average Bonchev–Trinajstić information content (AvgIpc) is 4.24. The Bertz CT molecular complexity index is 2940. The zero-order valence-corrected chi connectivity index (χ0v) is 45.5. The number of aromatic nitrogens is 6. The molecule has 4 aliphatic rings. The third kappa shape index (κ3) is 11.2. The van der Waals surface area contributed by atoms with E-state index in [4.69, 9.17) is 19.6 Å². The van der Waals surface area contributed by atoms with Gasteiger partial charge < -0.3 is 9.68 Å². The molecule has 4 atom stereocenters. The van der Waals surface area contributed by atoms with E-state index in [9.17, 15) is 26.3 Å². The van der Waals surface area contributed by atoms with Gasteiger partial charge in [-0.1, -0.05) is 45.7 Å². The molecule has 0 amide bonds. The molecule has 10 rings (SSSR count). The molecule has 0 radical (unpaired) electrons. The number of hydrogen-bond donors (Lipinski definition) is 0. The van der Waals surface area contributed by atoms with Crippen molar-refractivity contribution in [3.05, 3.63) is 136 Å². The number of thiazole rings is 2. The minimum Gasteiger partial charge on any atom is -0.387 e. The molecule has 2 fully saturated rings. The summed E-state index contributed by atoms with van der Waals surface area (Å²) in [7, 11) is 0. The standard InChI is InChI=1S/C55H62F6N10O3S2/c1-29-17-31(3)49(32(4)18-29)45-23-39(66-73-45)41-27-75-52(62-41)37-9-13-68(14-10-37)43(25-70-35(7)21-47(64-70)54(56,57)58)51(72)44(26-71-36(8)22-48(65-71)55(59,60)61)69-15-11-38(12-16-69)53-63-42(28-76-53)40-24-46(74-67-40)50-33(5)19-30(2)20-34(50)6/h17-22,27-28,37-38,43-46H,9-16,23-26H2,1-8H3/t43?,44?,45-,46-/m1/s1. The van der Waals surface area contributed by atoms with Gasteiger partial charge in [-0.2, -0.15) is 36.5 Å². The number of carbonyl (C=O) groups excluding carboxylic acids is 1. The first kappa shape index (κ1) is 53.6. The summed E-state index contributed by atoms with van der Waals surface area (Å²) >= 11 is 3.09. The number of hydrogen-bond acceptors (Lipinski definition) is 13. The summed E-state index contributed by atoms with van der Waals surface area (Å²) in [6, 6.07) is 8.56. The van der Waals surface area contributed by atoms with Crippen LogP contribution >= 0.6 is 22.7 Å². The predicted molar refractivity (Wildman–Crippen MR) is 279 cm³/mol. The average molecular weight is 1090 g/mol. The highest BCUT2D eigenvalue weighted by Crippen LogP contribution is 2.40. The summed E-state index contributed by atoms with van der Waals surface area (Å²) in [5, 5.41) is 22.7. The van der Waals surface area contributed by atoms with Gasteiger partial charge in [0.25, 0.3) is 0 Å². The smallest absolute Gasteiger partial charge is 0.387 e. The number of oxime groups is 2. The molecular weight excluding hydrogens is 1030 g/mol. The number of nitrogens with zero attached hydrogens (tertiary/aromatic N) is 10. The minimum atomic E-state index is -4.71. The van der Waals surface area contributed by atoms with E-state index < -0.39 is 35.8 Å². The van der Waals surface area contributed by atoms with E-state index in [0.717, 1.165) is 78.3 Å². The first-order chi connectivity index (χ1) is 36.1. The normalized spacial score (nSPS) is 20.2. The fourth-order valence-electron chi connectivity index (χ4n) is 11.9. The molecule has 4 aliphatic heterocycles. The Hall–Kier alpha value is -5.77. The highest BCUT2D eigenvalue weighted by molar-refractivity contribution is 7.10. The third-order valence-corrected chi connectivity index (χ3v) is 17.6. The molecule has 0 N–H and O–H groups in total. The topological polar surface area (TPSA) is 128 Å². The molecule has 0 bridgehead atoms. The quantitative estimate of drug-likeness (QED) is 0.0979. The number of likely N-dealkylation sites (tertiary alicyclic amines) is 2. The molecule has 2 aromatic carbocycles. The Labute approximate surface area is 446 Å². The second-order valence-electron chi connectivity index (χ2n) is 21.2. The van der Waals surface area contributed by atoms with Crippen LogP contribution in [0.3, 0.4) is 0 Å². The van der Waals surface area contributed by atoms with Crippen molar-refractivity contribution in [3.63, 3.8) is 0 Å². The highest BCUT2D eigenvalue weighted by Gasteiger charge is 2.42. The summed E-state index contributed by atoms with van der Waals surface area (Å²) in [4.78, 5) is 41.6. The van der Waals surface area contributed by atoms with Gasteiger partial charge in [-0.15, -0.1) is 22.7 Å². The lowest BCUT2D eigenvalue weighted by Crippen LogP contribution is -2.57. The van der Waals surface area contributed by atoms with Crippen molar-refractivity contribution >= 4 is 39.9 Å².